The van der Waals surface area contributed by atoms with Gasteiger partial charge in [-0.15, -0.1) is 0 Å². The van der Waals surface area contributed by atoms with E-state index >= 15 is 0 Å². The minimum atomic E-state index is 0.678. The molecule has 1 saturated carbocycles. The minimum absolute atomic E-state index is 0.678. The molecule has 6 nitrogen and oxygen atoms in total. The van der Waals surface area contributed by atoms with Gasteiger partial charge in [0.1, 0.15) is 18.7 Å². The maximum absolute atomic E-state index is 4.36. The third-order valence-electron chi connectivity index (χ3n) is 3.16. The smallest absolute Gasteiger partial charge is 0.148 e. The molecule has 0 spiro atoms. The summed E-state index contributed by atoms with van der Waals surface area (Å²) in [4.78, 5) is 4.25. The van der Waals surface area contributed by atoms with Crippen LogP contribution < -0.4 is 5.32 Å². The molecule has 2 aromatic rings. The second-order valence-electron chi connectivity index (χ2n) is 4.69. The number of aryl methyl sites for hydroxylation is 1. The zero-order valence-electron chi connectivity index (χ0n) is 10.6. The summed E-state index contributed by atoms with van der Waals surface area (Å²) in [6.07, 6.45) is 8.21. The van der Waals surface area contributed by atoms with E-state index in [0.717, 1.165) is 25.0 Å². The monoisotopic (exact) mass is 246 g/mol. The quantitative estimate of drug-likeness (QED) is 0.819. The highest BCUT2D eigenvalue weighted by atomic mass is 15.4. The molecule has 0 aromatic carbocycles. The van der Waals surface area contributed by atoms with Crippen LogP contribution >= 0.6 is 0 Å². The Morgan fingerprint density at radius 3 is 3.06 bits per heavy atom. The van der Waals surface area contributed by atoms with Gasteiger partial charge in [-0.2, -0.15) is 10.2 Å². The molecule has 1 aliphatic rings. The number of rotatable bonds is 6. The highest BCUT2D eigenvalue weighted by Crippen LogP contribution is 2.19. The Morgan fingerprint density at radius 1 is 1.39 bits per heavy atom. The second-order valence-corrected chi connectivity index (χ2v) is 4.69. The number of aromatic nitrogens is 5. The van der Waals surface area contributed by atoms with Crippen LogP contribution in [0.25, 0.3) is 0 Å². The van der Waals surface area contributed by atoms with E-state index in [1.165, 1.54) is 18.4 Å². The van der Waals surface area contributed by atoms with Crippen LogP contribution in [0.5, 0.6) is 0 Å². The van der Waals surface area contributed by atoms with E-state index in [-0.39, 0.29) is 0 Å². The van der Waals surface area contributed by atoms with Crippen molar-refractivity contribution in [1.29, 1.82) is 0 Å². The van der Waals surface area contributed by atoms with E-state index in [0.29, 0.717) is 6.54 Å². The molecule has 2 aromatic heterocycles. The highest BCUT2D eigenvalue weighted by molar-refractivity contribution is 5.05. The van der Waals surface area contributed by atoms with Crippen molar-refractivity contribution in [2.45, 2.75) is 45.4 Å². The molecule has 3 rings (SSSR count). The molecule has 0 aliphatic heterocycles. The molecule has 1 aliphatic carbocycles. The molecular formula is C12H18N6. The van der Waals surface area contributed by atoms with Gasteiger partial charge in [-0.05, 0) is 19.8 Å². The predicted molar refractivity (Wildman–Crippen MR) is 66.9 cm³/mol. The maximum Gasteiger partial charge on any atom is 0.148 e. The summed E-state index contributed by atoms with van der Waals surface area (Å²) in [5, 5.41) is 12.0. The van der Waals surface area contributed by atoms with Crippen molar-refractivity contribution in [1.82, 2.24) is 29.9 Å². The van der Waals surface area contributed by atoms with Gasteiger partial charge in [-0.3, -0.25) is 4.68 Å². The number of nitrogens with zero attached hydrogens (tertiary/aromatic N) is 5. The topological polar surface area (TPSA) is 60.6 Å². The van der Waals surface area contributed by atoms with Crippen molar-refractivity contribution < 1.29 is 0 Å². The Kier molecular flexibility index (Phi) is 3.10. The maximum atomic E-state index is 4.36. The van der Waals surface area contributed by atoms with Crippen molar-refractivity contribution in [2.75, 3.05) is 0 Å². The Hall–Kier alpha value is -1.69. The summed E-state index contributed by atoms with van der Waals surface area (Å²) in [5.74, 6) is 0.947. The van der Waals surface area contributed by atoms with Gasteiger partial charge in [-0.25, -0.2) is 9.67 Å². The Labute approximate surface area is 106 Å². The largest absolute Gasteiger partial charge is 0.310 e. The summed E-state index contributed by atoms with van der Waals surface area (Å²) >= 11 is 0. The average molecular weight is 246 g/mol. The third kappa shape index (κ3) is 2.59. The molecule has 1 fully saturated rings. The highest BCUT2D eigenvalue weighted by Gasteiger charge is 2.20. The first-order chi connectivity index (χ1) is 8.85. The standard InChI is InChI=1S/C12H18N6/c1-2-18-12(14-9-16-18)8-17-7-10(6-15-17)5-13-11-3-4-11/h6-7,9,11,13H,2-5,8H2,1H3. The number of hydrogen-bond acceptors (Lipinski definition) is 4. The fourth-order valence-electron chi connectivity index (χ4n) is 1.95. The van der Waals surface area contributed by atoms with Gasteiger partial charge >= 0.3 is 0 Å². The first-order valence-corrected chi connectivity index (χ1v) is 6.46. The molecule has 0 amide bonds. The van der Waals surface area contributed by atoms with E-state index < -0.39 is 0 Å². The molecule has 0 bridgehead atoms. The fourth-order valence-corrected chi connectivity index (χ4v) is 1.95. The van der Waals surface area contributed by atoms with Crippen molar-refractivity contribution in [3.8, 4) is 0 Å². The number of hydrogen-bond donors (Lipinski definition) is 1. The van der Waals surface area contributed by atoms with Crippen molar-refractivity contribution in [2.24, 2.45) is 0 Å². The van der Waals surface area contributed by atoms with Crippen LogP contribution in [0.15, 0.2) is 18.7 Å². The van der Waals surface area contributed by atoms with Gasteiger partial charge in [0.2, 0.25) is 0 Å². The second kappa shape index (κ2) is 4.89. The van der Waals surface area contributed by atoms with Gasteiger partial charge in [0.05, 0.1) is 6.20 Å². The van der Waals surface area contributed by atoms with Crippen LogP contribution in [0.3, 0.4) is 0 Å². The van der Waals surface area contributed by atoms with Crippen LogP contribution in [-0.4, -0.2) is 30.6 Å². The minimum Gasteiger partial charge on any atom is -0.310 e. The zero-order chi connectivity index (χ0) is 12.4. The summed E-state index contributed by atoms with van der Waals surface area (Å²) in [6.45, 7) is 4.49. The zero-order valence-corrected chi connectivity index (χ0v) is 10.6. The Bertz CT molecular complexity index is 510. The van der Waals surface area contributed by atoms with Gasteiger partial charge in [0, 0.05) is 30.9 Å². The lowest BCUT2D eigenvalue weighted by molar-refractivity contribution is 0.567. The summed E-state index contributed by atoms with van der Waals surface area (Å²) in [7, 11) is 0. The van der Waals surface area contributed by atoms with Crippen molar-refractivity contribution in [3.63, 3.8) is 0 Å². The Balaban J connectivity index is 1.61. The van der Waals surface area contributed by atoms with Crippen LogP contribution in [0.2, 0.25) is 0 Å². The molecule has 0 atom stereocenters. The first-order valence-electron chi connectivity index (χ1n) is 6.46. The molecule has 6 heteroatoms. The lowest BCUT2D eigenvalue weighted by Gasteiger charge is -2.02. The summed E-state index contributed by atoms with van der Waals surface area (Å²) in [6, 6.07) is 0.733. The van der Waals surface area contributed by atoms with Crippen LogP contribution in [-0.2, 0) is 19.6 Å². The third-order valence-corrected chi connectivity index (χ3v) is 3.16. The predicted octanol–water partition coefficient (Wildman–Crippen LogP) is 0.795. The number of nitrogens with one attached hydrogen (secondary N) is 1. The van der Waals surface area contributed by atoms with Crippen LogP contribution in [0, 0.1) is 0 Å². The molecule has 2 heterocycles. The normalized spacial score (nSPS) is 15.2. The summed E-state index contributed by atoms with van der Waals surface area (Å²) < 4.78 is 3.81. The van der Waals surface area contributed by atoms with Gasteiger partial charge in [0.25, 0.3) is 0 Å². The lowest BCUT2D eigenvalue weighted by Crippen LogP contribution is -2.14. The van der Waals surface area contributed by atoms with E-state index in [1.54, 1.807) is 6.33 Å². The van der Waals surface area contributed by atoms with E-state index in [4.69, 9.17) is 0 Å². The van der Waals surface area contributed by atoms with Gasteiger partial charge in [0.15, 0.2) is 0 Å². The van der Waals surface area contributed by atoms with Crippen LogP contribution in [0.1, 0.15) is 31.2 Å². The van der Waals surface area contributed by atoms with Crippen LogP contribution in [0.4, 0.5) is 0 Å². The van der Waals surface area contributed by atoms with Gasteiger partial charge < -0.3 is 5.32 Å². The molecule has 1 N–H and O–H groups in total. The molecule has 96 valence electrons. The van der Waals surface area contributed by atoms with E-state index in [2.05, 4.69) is 33.6 Å². The molecule has 0 unspecified atom stereocenters. The van der Waals surface area contributed by atoms with Crippen molar-refractivity contribution in [3.05, 3.63) is 30.1 Å². The van der Waals surface area contributed by atoms with E-state index in [9.17, 15) is 0 Å². The summed E-state index contributed by atoms with van der Waals surface area (Å²) in [5.41, 5.74) is 1.23. The fraction of sp³-hybridized carbons (Fsp3) is 0.583. The van der Waals surface area contributed by atoms with Gasteiger partial charge in [-0.1, -0.05) is 0 Å². The average Bonchev–Trinajstić information content (AvgIpc) is 2.93. The van der Waals surface area contributed by atoms with E-state index in [1.807, 2.05) is 15.6 Å². The SMILES string of the molecule is CCn1ncnc1Cn1cc(CNC2CC2)cn1. The first kappa shape index (κ1) is 11.4. The molecule has 0 saturated heterocycles. The lowest BCUT2D eigenvalue weighted by atomic mass is 10.3. The van der Waals surface area contributed by atoms with Crippen molar-refractivity contribution >= 4 is 0 Å². The molecule has 18 heavy (non-hydrogen) atoms. The molecular weight excluding hydrogens is 228 g/mol. The Morgan fingerprint density at radius 2 is 2.28 bits per heavy atom. The molecule has 0 radical (unpaired) electrons.